The normalized spacial score (nSPS) is 18.8. The lowest BCUT2D eigenvalue weighted by atomic mass is 9.86. The zero-order valence-corrected chi connectivity index (χ0v) is 12.8. The summed E-state index contributed by atoms with van der Waals surface area (Å²) < 4.78 is 0. The van der Waals surface area contributed by atoms with Crippen LogP contribution in [0.5, 0.6) is 0 Å². The maximum atomic E-state index is 6.32. The molecule has 2 atom stereocenters. The number of benzene rings is 2. The highest BCUT2D eigenvalue weighted by atomic mass is 35.5. The van der Waals surface area contributed by atoms with Crippen LogP contribution in [0.1, 0.15) is 29.4 Å². The second kappa shape index (κ2) is 6.21. The highest BCUT2D eigenvalue weighted by Gasteiger charge is 2.26. The van der Waals surface area contributed by atoms with E-state index in [4.69, 9.17) is 17.3 Å². The molecule has 2 aromatic rings. The van der Waals surface area contributed by atoms with Crippen LogP contribution in [0.15, 0.2) is 53.4 Å². The molecule has 2 N–H and O–H groups in total. The van der Waals surface area contributed by atoms with Gasteiger partial charge in [-0.25, -0.2) is 0 Å². The van der Waals surface area contributed by atoms with Crippen molar-refractivity contribution in [2.75, 3.05) is 12.3 Å². The van der Waals surface area contributed by atoms with Crippen molar-refractivity contribution in [3.8, 4) is 0 Å². The van der Waals surface area contributed by atoms with Crippen molar-refractivity contribution in [3.63, 3.8) is 0 Å². The van der Waals surface area contributed by atoms with Gasteiger partial charge >= 0.3 is 0 Å². The largest absolute Gasteiger partial charge is 0.330 e. The average molecular weight is 304 g/mol. The lowest BCUT2D eigenvalue weighted by molar-refractivity contribution is 0.571. The molecular formula is C17H18ClNS. The van der Waals surface area contributed by atoms with Crippen LogP contribution in [-0.4, -0.2) is 12.3 Å². The van der Waals surface area contributed by atoms with Gasteiger partial charge in [0, 0.05) is 15.7 Å². The standard InChI is InChI=1S/C17H18ClNS/c18-16-7-3-1-5-14(16)12(10-19)9-13-11-20-17-8-4-2-6-15(13)17/h1-8,12-13H,9-11,19H2. The van der Waals surface area contributed by atoms with Crippen molar-refractivity contribution in [1.29, 1.82) is 0 Å². The van der Waals surface area contributed by atoms with Crippen LogP contribution in [0, 0.1) is 0 Å². The Kier molecular flexibility index (Phi) is 4.35. The molecule has 3 rings (SSSR count). The molecule has 1 nitrogen and oxygen atoms in total. The maximum absolute atomic E-state index is 6.32. The minimum Gasteiger partial charge on any atom is -0.330 e. The molecule has 0 saturated carbocycles. The monoisotopic (exact) mass is 303 g/mol. The fourth-order valence-corrected chi connectivity index (χ4v) is 4.49. The number of hydrogen-bond acceptors (Lipinski definition) is 2. The SMILES string of the molecule is NCC(CC1CSc2ccccc21)c1ccccc1Cl. The van der Waals surface area contributed by atoms with Gasteiger partial charge in [0.2, 0.25) is 0 Å². The third-order valence-electron chi connectivity index (χ3n) is 4.00. The fourth-order valence-electron chi connectivity index (χ4n) is 2.92. The molecule has 0 saturated heterocycles. The molecule has 1 aliphatic rings. The number of rotatable bonds is 4. The Balaban J connectivity index is 1.82. The molecule has 104 valence electrons. The predicted molar refractivity (Wildman–Crippen MR) is 87.8 cm³/mol. The van der Waals surface area contributed by atoms with Gasteiger partial charge in [-0.2, -0.15) is 0 Å². The number of nitrogens with two attached hydrogens (primary N) is 1. The van der Waals surface area contributed by atoms with E-state index in [1.165, 1.54) is 16.0 Å². The summed E-state index contributed by atoms with van der Waals surface area (Å²) in [6.45, 7) is 0.646. The van der Waals surface area contributed by atoms with Gasteiger partial charge in [-0.1, -0.05) is 48.0 Å². The van der Waals surface area contributed by atoms with Crippen LogP contribution < -0.4 is 5.73 Å². The van der Waals surface area contributed by atoms with Gasteiger partial charge in [0.05, 0.1) is 0 Å². The Morgan fingerprint density at radius 1 is 1.15 bits per heavy atom. The number of hydrogen-bond donors (Lipinski definition) is 1. The van der Waals surface area contributed by atoms with E-state index in [2.05, 4.69) is 30.3 Å². The van der Waals surface area contributed by atoms with Gasteiger partial charge in [0.15, 0.2) is 0 Å². The van der Waals surface area contributed by atoms with Crippen molar-refractivity contribution in [2.45, 2.75) is 23.2 Å². The second-order valence-corrected chi connectivity index (χ2v) is 6.70. The third-order valence-corrected chi connectivity index (χ3v) is 5.59. The van der Waals surface area contributed by atoms with Gasteiger partial charge in [-0.05, 0) is 48.1 Å². The van der Waals surface area contributed by atoms with Crippen molar-refractivity contribution in [3.05, 3.63) is 64.7 Å². The molecule has 0 aliphatic carbocycles. The molecule has 3 heteroatoms. The minimum atomic E-state index is 0.334. The summed E-state index contributed by atoms with van der Waals surface area (Å²) in [4.78, 5) is 1.42. The summed E-state index contributed by atoms with van der Waals surface area (Å²) in [5.74, 6) is 2.07. The summed E-state index contributed by atoms with van der Waals surface area (Å²) in [5.41, 5.74) is 8.67. The lowest BCUT2D eigenvalue weighted by Crippen LogP contribution is -2.16. The van der Waals surface area contributed by atoms with Crippen LogP contribution in [0.25, 0.3) is 0 Å². The Bertz CT molecular complexity index is 599. The molecule has 2 aromatic carbocycles. The van der Waals surface area contributed by atoms with E-state index in [-0.39, 0.29) is 0 Å². The Hall–Kier alpha value is -0.960. The molecule has 0 bridgehead atoms. The number of halogens is 1. The number of fused-ring (bicyclic) bond motifs is 1. The first kappa shape index (κ1) is 14.0. The van der Waals surface area contributed by atoms with E-state index < -0.39 is 0 Å². The van der Waals surface area contributed by atoms with E-state index >= 15 is 0 Å². The summed E-state index contributed by atoms with van der Waals surface area (Å²) in [5, 5.41) is 0.835. The quantitative estimate of drug-likeness (QED) is 0.889. The van der Waals surface area contributed by atoms with Crippen molar-refractivity contribution in [2.24, 2.45) is 5.73 Å². The molecule has 0 aromatic heterocycles. The van der Waals surface area contributed by atoms with Gasteiger partial charge in [-0.15, -0.1) is 11.8 Å². The smallest absolute Gasteiger partial charge is 0.0441 e. The zero-order chi connectivity index (χ0) is 13.9. The molecule has 0 fully saturated rings. The molecule has 0 amide bonds. The van der Waals surface area contributed by atoms with Crippen LogP contribution in [0.3, 0.4) is 0 Å². The highest BCUT2D eigenvalue weighted by molar-refractivity contribution is 7.99. The molecular weight excluding hydrogens is 286 g/mol. The van der Waals surface area contributed by atoms with Crippen molar-refractivity contribution >= 4 is 23.4 Å². The minimum absolute atomic E-state index is 0.334. The van der Waals surface area contributed by atoms with E-state index in [0.29, 0.717) is 18.4 Å². The van der Waals surface area contributed by atoms with Crippen LogP contribution in [0.2, 0.25) is 5.02 Å². The van der Waals surface area contributed by atoms with Crippen LogP contribution >= 0.6 is 23.4 Å². The van der Waals surface area contributed by atoms with E-state index in [1.54, 1.807) is 0 Å². The highest BCUT2D eigenvalue weighted by Crippen LogP contribution is 2.44. The Labute approximate surface area is 129 Å². The van der Waals surface area contributed by atoms with Crippen LogP contribution in [-0.2, 0) is 0 Å². The first-order valence-electron chi connectivity index (χ1n) is 6.96. The van der Waals surface area contributed by atoms with E-state index in [1.807, 2.05) is 30.0 Å². The summed E-state index contributed by atoms with van der Waals surface area (Å²) in [7, 11) is 0. The van der Waals surface area contributed by atoms with Crippen LogP contribution in [0.4, 0.5) is 0 Å². The fraction of sp³-hybridized carbons (Fsp3) is 0.294. The molecule has 0 spiro atoms. The number of thioether (sulfide) groups is 1. The molecule has 1 aliphatic heterocycles. The van der Waals surface area contributed by atoms with Gasteiger partial charge in [-0.3, -0.25) is 0 Å². The zero-order valence-electron chi connectivity index (χ0n) is 11.3. The molecule has 1 heterocycles. The summed E-state index contributed by atoms with van der Waals surface area (Å²) >= 11 is 8.28. The van der Waals surface area contributed by atoms with Gasteiger partial charge in [0.1, 0.15) is 0 Å². The summed E-state index contributed by atoms with van der Waals surface area (Å²) in [6, 6.07) is 16.8. The predicted octanol–water partition coefficient (Wildman–Crippen LogP) is 4.66. The summed E-state index contributed by atoms with van der Waals surface area (Å²) in [6.07, 6.45) is 1.07. The van der Waals surface area contributed by atoms with Gasteiger partial charge < -0.3 is 5.73 Å². The van der Waals surface area contributed by atoms with Crippen molar-refractivity contribution in [1.82, 2.24) is 0 Å². The third kappa shape index (κ3) is 2.73. The molecule has 20 heavy (non-hydrogen) atoms. The van der Waals surface area contributed by atoms with E-state index in [9.17, 15) is 0 Å². The topological polar surface area (TPSA) is 26.0 Å². The lowest BCUT2D eigenvalue weighted by Gasteiger charge is -2.21. The van der Waals surface area contributed by atoms with Gasteiger partial charge in [0.25, 0.3) is 0 Å². The average Bonchev–Trinajstić information content (AvgIpc) is 2.89. The molecule has 0 radical (unpaired) electrons. The molecule has 2 unspecified atom stereocenters. The maximum Gasteiger partial charge on any atom is 0.0441 e. The Morgan fingerprint density at radius 3 is 2.70 bits per heavy atom. The second-order valence-electron chi connectivity index (χ2n) is 5.24. The first-order chi connectivity index (χ1) is 9.79. The Morgan fingerprint density at radius 2 is 1.90 bits per heavy atom. The van der Waals surface area contributed by atoms with Crippen molar-refractivity contribution < 1.29 is 0 Å². The van der Waals surface area contributed by atoms with E-state index in [0.717, 1.165) is 17.2 Å². The first-order valence-corrected chi connectivity index (χ1v) is 8.32.